The summed E-state index contributed by atoms with van der Waals surface area (Å²) in [5, 5.41) is 13.7. The van der Waals surface area contributed by atoms with Crippen molar-refractivity contribution in [3.63, 3.8) is 0 Å². The second-order valence-corrected chi connectivity index (χ2v) is 9.73. The maximum Gasteiger partial charge on any atom is 0.0669 e. The molecule has 4 heteroatoms. The summed E-state index contributed by atoms with van der Waals surface area (Å²) in [6.07, 6.45) is 4.29. The number of fused-ring (bicyclic) bond motifs is 1. The fourth-order valence-corrected chi connectivity index (χ4v) is 4.91. The minimum atomic E-state index is -0.247. The van der Waals surface area contributed by atoms with Gasteiger partial charge in [-0.25, -0.2) is 0 Å². The molecule has 2 atom stereocenters. The molecule has 1 aliphatic rings. The second kappa shape index (κ2) is 6.41. The number of nitrogens with one attached hydrogen (secondary N) is 1. The third-order valence-electron chi connectivity index (χ3n) is 3.53. The molecule has 0 saturated carbocycles. The molecule has 1 heterocycles. The van der Waals surface area contributed by atoms with E-state index in [9.17, 15) is 5.11 Å². The predicted octanol–water partition coefficient (Wildman–Crippen LogP) is 4.12. The number of halogens is 1. The van der Waals surface area contributed by atoms with Gasteiger partial charge in [0.25, 0.3) is 0 Å². The quantitative estimate of drug-likeness (QED) is 0.755. The summed E-state index contributed by atoms with van der Waals surface area (Å²) >= 11 is 4.33. The normalized spacial score (nSPS) is 21.2. The van der Waals surface area contributed by atoms with Gasteiger partial charge in [-0.15, -0.1) is 11.3 Å². The Bertz CT molecular complexity index is 424. The van der Waals surface area contributed by atoms with Gasteiger partial charge >= 0.3 is 0 Å². The molecule has 0 radical (unpaired) electrons. The van der Waals surface area contributed by atoms with Gasteiger partial charge in [-0.05, 0) is 65.3 Å². The Labute approximate surface area is 134 Å². The summed E-state index contributed by atoms with van der Waals surface area (Å²) in [5.41, 5.74) is 1.67. The van der Waals surface area contributed by atoms with Gasteiger partial charge in [0.1, 0.15) is 0 Å². The maximum absolute atomic E-state index is 10.1. The van der Waals surface area contributed by atoms with Crippen molar-refractivity contribution in [2.45, 2.75) is 58.6 Å². The van der Waals surface area contributed by atoms with Gasteiger partial charge in [0.15, 0.2) is 0 Å². The summed E-state index contributed by atoms with van der Waals surface area (Å²) in [5.74, 6) is 0. The number of hydrogen-bond donors (Lipinski definition) is 2. The Morgan fingerprint density at radius 1 is 1.53 bits per heavy atom. The molecule has 0 saturated heterocycles. The van der Waals surface area contributed by atoms with Crippen molar-refractivity contribution >= 4 is 33.9 Å². The average Bonchev–Trinajstić information content (AvgIpc) is 2.64. The molecule has 0 bridgehead atoms. The van der Waals surface area contributed by atoms with Crippen LogP contribution in [-0.4, -0.2) is 17.8 Å². The molecule has 2 rings (SSSR count). The molecule has 19 heavy (non-hydrogen) atoms. The van der Waals surface area contributed by atoms with Crippen molar-refractivity contribution in [1.29, 1.82) is 0 Å². The first-order valence-electron chi connectivity index (χ1n) is 7.05. The summed E-state index contributed by atoms with van der Waals surface area (Å²) in [7, 11) is 0. The van der Waals surface area contributed by atoms with Crippen molar-refractivity contribution in [2.75, 3.05) is 6.54 Å². The first-order chi connectivity index (χ1) is 8.85. The third kappa shape index (κ3) is 4.69. The highest BCUT2D eigenvalue weighted by Gasteiger charge is 2.24. The summed E-state index contributed by atoms with van der Waals surface area (Å²) in [4.78, 5) is 1.54. The zero-order chi connectivity index (χ0) is 14.0. The maximum atomic E-state index is 10.1. The molecule has 2 N–H and O–H groups in total. The van der Waals surface area contributed by atoms with Crippen LogP contribution >= 0.6 is 33.9 Å². The lowest BCUT2D eigenvalue weighted by atomic mass is 9.88. The van der Waals surface area contributed by atoms with Gasteiger partial charge in [0.2, 0.25) is 0 Å². The minimum Gasteiger partial charge on any atom is -0.392 e. The van der Waals surface area contributed by atoms with Gasteiger partial charge in [-0.2, -0.15) is 0 Å². The number of thiophene rings is 1. The van der Waals surface area contributed by atoms with E-state index in [1.165, 1.54) is 27.7 Å². The van der Waals surface area contributed by atoms with Gasteiger partial charge < -0.3 is 10.4 Å². The van der Waals surface area contributed by atoms with Crippen LogP contribution in [0.5, 0.6) is 0 Å². The molecule has 1 aromatic rings. The second-order valence-electron chi connectivity index (χ2n) is 6.70. The van der Waals surface area contributed by atoms with Gasteiger partial charge in [-0.1, -0.05) is 20.8 Å². The lowest BCUT2D eigenvalue weighted by molar-refractivity contribution is 0.115. The standard InChI is InChI=1S/C15H24INOS/c1-15(2,3)8-10(18)9-17-12-5-4-6-13-11(12)7-14(16)19-13/h7,10,12,17-18H,4-6,8-9H2,1-3H3. The summed E-state index contributed by atoms with van der Waals surface area (Å²) in [6, 6.07) is 2.76. The van der Waals surface area contributed by atoms with Crippen LogP contribution in [-0.2, 0) is 6.42 Å². The Morgan fingerprint density at radius 3 is 2.95 bits per heavy atom. The van der Waals surface area contributed by atoms with Crippen LogP contribution in [0.4, 0.5) is 0 Å². The number of aliphatic hydroxyl groups excluding tert-OH is 1. The molecule has 108 valence electrons. The van der Waals surface area contributed by atoms with E-state index in [2.05, 4.69) is 54.7 Å². The Balaban J connectivity index is 1.90. The lowest BCUT2D eigenvalue weighted by Crippen LogP contribution is -2.33. The molecule has 2 nitrogen and oxygen atoms in total. The van der Waals surface area contributed by atoms with Gasteiger partial charge in [0.05, 0.1) is 8.99 Å². The highest BCUT2D eigenvalue weighted by molar-refractivity contribution is 14.1. The molecule has 2 unspecified atom stereocenters. The number of rotatable bonds is 4. The number of hydrogen-bond acceptors (Lipinski definition) is 3. The Kier molecular flexibility index (Phi) is 5.31. The largest absolute Gasteiger partial charge is 0.392 e. The van der Waals surface area contributed by atoms with E-state index in [4.69, 9.17) is 0 Å². The highest BCUT2D eigenvalue weighted by atomic mass is 127. The monoisotopic (exact) mass is 393 g/mol. The third-order valence-corrected chi connectivity index (χ3v) is 5.50. The number of aryl methyl sites for hydroxylation is 1. The highest BCUT2D eigenvalue weighted by Crippen LogP contribution is 2.36. The summed E-state index contributed by atoms with van der Waals surface area (Å²) in [6.45, 7) is 7.23. The van der Waals surface area contributed by atoms with Crippen LogP contribution in [0.25, 0.3) is 0 Å². The van der Waals surface area contributed by atoms with Crippen LogP contribution in [0.2, 0.25) is 0 Å². The molecule has 0 spiro atoms. The van der Waals surface area contributed by atoms with E-state index in [0.29, 0.717) is 12.6 Å². The fourth-order valence-electron chi connectivity index (χ4n) is 2.79. The molecule has 0 amide bonds. The molecule has 1 aromatic heterocycles. The van der Waals surface area contributed by atoms with E-state index in [-0.39, 0.29) is 11.5 Å². The minimum absolute atomic E-state index is 0.191. The van der Waals surface area contributed by atoms with Crippen LogP contribution in [0.15, 0.2) is 6.07 Å². The van der Waals surface area contributed by atoms with Crippen LogP contribution in [0.1, 0.15) is 56.5 Å². The van der Waals surface area contributed by atoms with Crippen molar-refractivity contribution in [3.8, 4) is 0 Å². The fraction of sp³-hybridized carbons (Fsp3) is 0.733. The van der Waals surface area contributed by atoms with Gasteiger partial charge in [0, 0.05) is 17.5 Å². The zero-order valence-corrected chi connectivity index (χ0v) is 15.0. The summed E-state index contributed by atoms with van der Waals surface area (Å²) < 4.78 is 1.38. The molecular formula is C15H24INOS. The SMILES string of the molecule is CC(C)(C)CC(O)CNC1CCCc2sc(I)cc21. The number of aliphatic hydroxyl groups is 1. The van der Waals surface area contributed by atoms with E-state index >= 15 is 0 Å². The predicted molar refractivity (Wildman–Crippen MR) is 90.8 cm³/mol. The van der Waals surface area contributed by atoms with Crippen molar-refractivity contribution in [2.24, 2.45) is 5.41 Å². The van der Waals surface area contributed by atoms with Crippen molar-refractivity contribution < 1.29 is 5.11 Å². The molecular weight excluding hydrogens is 369 g/mol. The topological polar surface area (TPSA) is 32.3 Å². The first-order valence-corrected chi connectivity index (χ1v) is 8.94. The van der Waals surface area contributed by atoms with E-state index in [0.717, 1.165) is 6.42 Å². The van der Waals surface area contributed by atoms with Crippen molar-refractivity contribution in [3.05, 3.63) is 19.4 Å². The Morgan fingerprint density at radius 2 is 2.26 bits per heavy atom. The van der Waals surface area contributed by atoms with Crippen LogP contribution in [0.3, 0.4) is 0 Å². The Hall–Kier alpha value is 0.350. The zero-order valence-electron chi connectivity index (χ0n) is 12.0. The van der Waals surface area contributed by atoms with Crippen LogP contribution < -0.4 is 5.32 Å². The van der Waals surface area contributed by atoms with Crippen LogP contribution in [0, 0.1) is 8.30 Å². The smallest absolute Gasteiger partial charge is 0.0669 e. The average molecular weight is 393 g/mol. The lowest BCUT2D eigenvalue weighted by Gasteiger charge is -2.27. The van der Waals surface area contributed by atoms with Gasteiger partial charge in [-0.3, -0.25) is 0 Å². The first kappa shape index (κ1) is 15.7. The van der Waals surface area contributed by atoms with E-state index in [1.54, 1.807) is 4.88 Å². The molecule has 0 fully saturated rings. The molecule has 1 aliphatic carbocycles. The molecule has 0 aliphatic heterocycles. The van der Waals surface area contributed by atoms with E-state index in [1.807, 2.05) is 11.3 Å². The van der Waals surface area contributed by atoms with E-state index < -0.39 is 0 Å². The molecule has 0 aromatic carbocycles. The van der Waals surface area contributed by atoms with Crippen molar-refractivity contribution in [1.82, 2.24) is 5.32 Å².